The largest absolute Gasteiger partial charge is 0.462 e. The van der Waals surface area contributed by atoms with E-state index in [0.29, 0.717) is 35.6 Å². The Kier molecular flexibility index (Phi) is 13.3. The van der Waals surface area contributed by atoms with Crippen LogP contribution < -0.4 is 24.2 Å². The minimum atomic E-state index is -4.62. The molecule has 0 saturated carbocycles. The summed E-state index contributed by atoms with van der Waals surface area (Å²) in [6, 6.07) is 17.7. The van der Waals surface area contributed by atoms with Crippen molar-refractivity contribution < 1.29 is 59.9 Å². The van der Waals surface area contributed by atoms with Crippen molar-refractivity contribution in [1.29, 1.82) is 0 Å². The molecule has 4 aromatic carbocycles. The fourth-order valence-electron chi connectivity index (χ4n) is 5.55. The molecule has 0 spiro atoms. The van der Waals surface area contributed by atoms with Crippen LogP contribution in [0.25, 0.3) is 0 Å². The lowest BCUT2D eigenvalue weighted by Crippen LogP contribution is -2.45. The predicted octanol–water partition coefficient (Wildman–Crippen LogP) is 8.68. The number of anilines is 1. The number of benzene rings is 4. The SMILES string of the molecule is CON(C)C(=O)Nc1ccc(Oc2ccc3c(c2)OC(C)(OC)CC3(C)C)cc1.CS(=O)(=O)NC(=O)c1cc(Oc2ccc(C(F)(F)F)cc2Cl)ccc1[N+](=O)[O-]. The van der Waals surface area contributed by atoms with E-state index in [9.17, 15) is 41.3 Å². The Balaban J connectivity index is 0.000000253. The number of urea groups is 1. The second kappa shape index (κ2) is 17.2. The van der Waals surface area contributed by atoms with E-state index < -0.39 is 54.7 Å². The van der Waals surface area contributed by atoms with Gasteiger partial charge in [-0.2, -0.15) is 13.2 Å². The molecule has 3 amide bonds. The average Bonchev–Trinajstić information content (AvgIpc) is 3.11. The number of halogens is 4. The number of methoxy groups -OCH3 is 1. The summed E-state index contributed by atoms with van der Waals surface area (Å²) < 4.78 is 84.9. The zero-order chi connectivity index (χ0) is 42.5. The molecule has 2 N–H and O–H groups in total. The number of nitrogens with zero attached hydrogens (tertiary/aromatic N) is 2. The third-order valence-electron chi connectivity index (χ3n) is 8.28. The molecule has 306 valence electrons. The molecule has 0 saturated heterocycles. The molecule has 5 rings (SSSR count). The number of fused-ring (bicyclic) bond motifs is 1. The minimum Gasteiger partial charge on any atom is -0.462 e. The molecule has 20 heteroatoms. The molecule has 4 aromatic rings. The van der Waals surface area contributed by atoms with E-state index in [1.165, 1.54) is 14.2 Å². The highest BCUT2D eigenvalue weighted by molar-refractivity contribution is 7.89. The van der Waals surface area contributed by atoms with E-state index in [0.717, 1.165) is 47.1 Å². The van der Waals surface area contributed by atoms with Crippen molar-refractivity contribution in [2.24, 2.45) is 0 Å². The maximum absolute atomic E-state index is 12.7. The van der Waals surface area contributed by atoms with E-state index in [4.69, 9.17) is 35.4 Å². The standard InChI is InChI=1S/C22H28N2O5.C15H10ClF3N2O6S/c1-21(2)14-22(3,26-5)29-19-13-17(11-12-18(19)21)28-16-9-7-15(8-10-16)23-20(25)24(4)27-6;1-28(25,26)20-14(22)10-7-9(3-4-12(10)21(23)24)27-13-5-2-8(6-11(13)16)15(17,18)19/h7-13H,14H2,1-6H3,(H,23,25);2-7H,1H3,(H,20,22). The third-order valence-corrected chi connectivity index (χ3v) is 9.13. The number of nitrogens with one attached hydrogen (secondary N) is 2. The maximum atomic E-state index is 12.7. The van der Waals surface area contributed by atoms with Crippen LogP contribution in [-0.4, -0.2) is 63.7 Å². The summed E-state index contributed by atoms with van der Waals surface area (Å²) in [7, 11) is 0.611. The van der Waals surface area contributed by atoms with Crippen LogP contribution >= 0.6 is 11.6 Å². The van der Waals surface area contributed by atoms with E-state index in [1.807, 2.05) is 25.1 Å². The monoisotopic (exact) mass is 838 g/mol. The molecule has 1 atom stereocenters. The number of nitro groups is 1. The molecule has 1 aliphatic heterocycles. The van der Waals surface area contributed by atoms with Crippen LogP contribution in [0.5, 0.6) is 28.7 Å². The van der Waals surface area contributed by atoms with Crippen LogP contribution in [0.3, 0.4) is 0 Å². The molecule has 0 aliphatic carbocycles. The van der Waals surface area contributed by atoms with Crippen molar-refractivity contribution >= 4 is 44.9 Å². The van der Waals surface area contributed by atoms with Crippen molar-refractivity contribution in [3.05, 3.63) is 111 Å². The third kappa shape index (κ3) is 11.7. The number of carbonyl (C=O) groups is 2. The lowest BCUT2D eigenvalue weighted by molar-refractivity contribution is -0.385. The van der Waals surface area contributed by atoms with Gasteiger partial charge in [0.1, 0.15) is 34.3 Å². The molecular weight excluding hydrogens is 801 g/mol. The Labute approximate surface area is 330 Å². The number of hydrogen-bond acceptors (Lipinski definition) is 11. The van der Waals surface area contributed by atoms with Gasteiger partial charge in [0, 0.05) is 57.0 Å². The van der Waals surface area contributed by atoms with Gasteiger partial charge in [0.2, 0.25) is 15.8 Å². The highest BCUT2D eigenvalue weighted by atomic mass is 35.5. The minimum absolute atomic E-state index is 0.0773. The van der Waals surface area contributed by atoms with Gasteiger partial charge in [-0.15, -0.1) is 0 Å². The quantitative estimate of drug-likeness (QED) is 0.115. The van der Waals surface area contributed by atoms with Crippen molar-refractivity contribution in [2.75, 3.05) is 32.8 Å². The predicted molar refractivity (Wildman–Crippen MR) is 202 cm³/mol. The number of hydrogen-bond donors (Lipinski definition) is 2. The van der Waals surface area contributed by atoms with Gasteiger partial charge in [-0.1, -0.05) is 31.5 Å². The Morgan fingerprint density at radius 1 is 0.930 bits per heavy atom. The topological polar surface area (TPSA) is 185 Å². The van der Waals surface area contributed by atoms with Crippen LogP contribution in [0, 0.1) is 10.1 Å². The van der Waals surface area contributed by atoms with Crippen molar-refractivity contribution in [2.45, 2.75) is 44.6 Å². The molecule has 1 heterocycles. The smallest absolute Gasteiger partial charge is 0.416 e. The summed E-state index contributed by atoms with van der Waals surface area (Å²) in [5.74, 6) is -0.287. The Morgan fingerprint density at radius 3 is 2.11 bits per heavy atom. The summed E-state index contributed by atoms with van der Waals surface area (Å²) in [5, 5.41) is 14.5. The normalized spacial score (nSPS) is 15.8. The zero-order valence-corrected chi connectivity index (χ0v) is 33.1. The number of carbonyl (C=O) groups excluding carboxylic acids is 2. The van der Waals surface area contributed by atoms with Crippen molar-refractivity contribution in [3.8, 4) is 28.7 Å². The van der Waals surface area contributed by atoms with Crippen LogP contribution in [0.2, 0.25) is 5.02 Å². The van der Waals surface area contributed by atoms with Crippen LogP contribution in [0.4, 0.5) is 29.3 Å². The molecule has 57 heavy (non-hydrogen) atoms. The summed E-state index contributed by atoms with van der Waals surface area (Å²) in [6.07, 6.45) is -3.18. The summed E-state index contributed by atoms with van der Waals surface area (Å²) in [4.78, 5) is 38.8. The van der Waals surface area contributed by atoms with E-state index >= 15 is 0 Å². The lowest BCUT2D eigenvalue weighted by atomic mass is 9.76. The van der Waals surface area contributed by atoms with Crippen molar-refractivity contribution in [3.63, 3.8) is 0 Å². The first-order valence-electron chi connectivity index (χ1n) is 16.5. The fraction of sp³-hybridized carbons (Fsp3) is 0.297. The van der Waals surface area contributed by atoms with Gasteiger partial charge in [0.05, 0.1) is 28.9 Å². The van der Waals surface area contributed by atoms with Crippen LogP contribution in [-0.2, 0) is 31.2 Å². The van der Waals surface area contributed by atoms with Gasteiger partial charge in [0.15, 0.2) is 0 Å². The van der Waals surface area contributed by atoms with Gasteiger partial charge < -0.3 is 24.3 Å². The van der Waals surface area contributed by atoms with Gasteiger partial charge in [-0.05, 0) is 60.0 Å². The first kappa shape index (κ1) is 44.1. The number of hydroxylamine groups is 2. The molecule has 1 unspecified atom stereocenters. The van der Waals surface area contributed by atoms with E-state index in [-0.39, 0.29) is 22.9 Å². The van der Waals surface area contributed by atoms with Crippen LogP contribution in [0.1, 0.15) is 48.7 Å². The van der Waals surface area contributed by atoms with E-state index in [2.05, 4.69) is 19.2 Å². The number of alkyl halides is 3. The second-order valence-electron chi connectivity index (χ2n) is 13.3. The Bertz CT molecular complexity index is 2260. The number of amides is 3. The van der Waals surface area contributed by atoms with Gasteiger partial charge in [-0.25, -0.2) is 23.0 Å². The lowest BCUT2D eigenvalue weighted by Gasteiger charge is -2.43. The summed E-state index contributed by atoms with van der Waals surface area (Å²) >= 11 is 5.76. The van der Waals surface area contributed by atoms with Gasteiger partial charge >= 0.3 is 12.2 Å². The Hall–Kier alpha value is -5.63. The first-order chi connectivity index (χ1) is 26.4. The molecular formula is C37H38ClF3N4O11S. The molecule has 0 aromatic heterocycles. The van der Waals surface area contributed by atoms with E-state index in [1.54, 1.807) is 36.1 Å². The number of ether oxygens (including phenoxy) is 4. The molecule has 0 radical (unpaired) electrons. The highest BCUT2D eigenvalue weighted by Gasteiger charge is 2.42. The number of nitro benzene ring substituents is 1. The average molecular weight is 839 g/mol. The number of rotatable bonds is 10. The molecule has 0 bridgehead atoms. The van der Waals surface area contributed by atoms with Gasteiger partial charge in [0.25, 0.3) is 11.6 Å². The first-order valence-corrected chi connectivity index (χ1v) is 18.8. The number of sulfonamides is 1. The molecule has 0 fully saturated rings. The highest BCUT2D eigenvalue weighted by Crippen LogP contribution is 2.46. The summed E-state index contributed by atoms with van der Waals surface area (Å²) in [6.45, 7) is 6.31. The maximum Gasteiger partial charge on any atom is 0.416 e. The van der Waals surface area contributed by atoms with Gasteiger partial charge in [-0.3, -0.25) is 19.7 Å². The molecule has 15 nitrogen and oxygen atoms in total. The Morgan fingerprint density at radius 2 is 1.54 bits per heavy atom. The summed E-state index contributed by atoms with van der Waals surface area (Å²) in [5.41, 5.74) is -0.659. The zero-order valence-electron chi connectivity index (χ0n) is 31.5. The van der Waals surface area contributed by atoms with Crippen molar-refractivity contribution in [1.82, 2.24) is 9.79 Å². The molecule has 1 aliphatic rings. The van der Waals surface area contributed by atoms with Crippen LogP contribution in [0.15, 0.2) is 78.9 Å². The fourth-order valence-corrected chi connectivity index (χ4v) is 6.21. The second-order valence-corrected chi connectivity index (χ2v) is 15.4.